The topological polar surface area (TPSA) is 218 Å². The molecule has 2 rings (SSSR count). The third kappa shape index (κ3) is 17.5. The van der Waals surface area contributed by atoms with Crippen LogP contribution in [0.3, 0.4) is 0 Å². The fourth-order valence-corrected chi connectivity index (χ4v) is 6.88. The number of hydroxylamine groups is 1. The molecule has 15 heteroatoms. The lowest BCUT2D eigenvalue weighted by Crippen LogP contribution is -2.59. The van der Waals surface area contributed by atoms with Crippen LogP contribution in [-0.2, 0) is 35.2 Å². The summed E-state index contributed by atoms with van der Waals surface area (Å²) in [7, 11) is 0. The molecule has 1 aromatic rings. The molecular formula is C40H67N7O8. The molecule has 3 unspecified atom stereocenters. The lowest BCUT2D eigenvalue weighted by Gasteiger charge is -2.29. The fraction of sp³-hybridized carbons (Fsp3) is 0.700. The van der Waals surface area contributed by atoms with Gasteiger partial charge in [0.15, 0.2) is 0 Å². The first-order valence-corrected chi connectivity index (χ1v) is 20.0. The molecule has 310 valence electrons. The zero-order chi connectivity index (χ0) is 40.9. The van der Waals surface area contributed by atoms with Crippen molar-refractivity contribution in [2.24, 2.45) is 11.8 Å². The lowest BCUT2D eigenvalue weighted by atomic mass is 9.84. The molecule has 6 amide bonds. The number of aliphatic hydroxyl groups is 1. The third-order valence-electron chi connectivity index (χ3n) is 10.1. The second-order valence-electron chi connectivity index (χ2n) is 15.4. The number of nitrogens with zero attached hydrogens (tertiary/aromatic N) is 1. The number of rotatable bonds is 24. The van der Waals surface area contributed by atoms with Gasteiger partial charge in [0, 0.05) is 18.9 Å². The average molecular weight is 774 g/mol. The average Bonchev–Trinajstić information content (AvgIpc) is 3.15. The highest BCUT2D eigenvalue weighted by molar-refractivity contribution is 5.96. The molecule has 1 aliphatic rings. The molecule has 1 aromatic carbocycles. The minimum Gasteiger partial charge on any atom is -0.394 e. The van der Waals surface area contributed by atoms with Gasteiger partial charge >= 0.3 is 0 Å². The van der Waals surface area contributed by atoms with Gasteiger partial charge in [-0.3, -0.25) is 34.0 Å². The summed E-state index contributed by atoms with van der Waals surface area (Å²) in [5, 5.41) is 32.3. The Kier molecular flexibility index (Phi) is 21.5. The molecule has 0 bridgehead atoms. The predicted molar refractivity (Wildman–Crippen MR) is 209 cm³/mol. The van der Waals surface area contributed by atoms with Crippen LogP contribution >= 0.6 is 0 Å². The number of unbranched alkanes of at least 4 members (excludes halogenated alkanes) is 1. The zero-order valence-corrected chi connectivity index (χ0v) is 33.7. The molecule has 0 radical (unpaired) electrons. The summed E-state index contributed by atoms with van der Waals surface area (Å²) in [5.41, 5.74) is 2.25. The van der Waals surface area contributed by atoms with Crippen molar-refractivity contribution >= 4 is 35.4 Å². The molecule has 0 saturated heterocycles. The van der Waals surface area contributed by atoms with Crippen LogP contribution in [0.2, 0.25) is 0 Å². The summed E-state index contributed by atoms with van der Waals surface area (Å²) >= 11 is 0. The number of carbonyl (C=O) groups excluding carboxylic acids is 6. The van der Waals surface area contributed by atoms with E-state index in [9.17, 15) is 33.9 Å². The van der Waals surface area contributed by atoms with Crippen molar-refractivity contribution in [1.29, 1.82) is 0 Å². The van der Waals surface area contributed by atoms with Crippen LogP contribution in [0.25, 0.3) is 0 Å². The molecule has 0 aromatic heterocycles. The molecule has 55 heavy (non-hydrogen) atoms. The Hall–Kier alpha value is -4.08. The molecule has 1 fully saturated rings. The molecule has 15 nitrogen and oxygen atoms in total. The minimum absolute atomic E-state index is 0.0792. The molecule has 1 aliphatic carbocycles. The van der Waals surface area contributed by atoms with Gasteiger partial charge in [0.25, 0.3) is 5.91 Å². The molecule has 0 spiro atoms. The van der Waals surface area contributed by atoms with Gasteiger partial charge in [0.05, 0.1) is 6.61 Å². The summed E-state index contributed by atoms with van der Waals surface area (Å²) in [6, 6.07) is 3.96. The van der Waals surface area contributed by atoms with Gasteiger partial charge in [-0.15, -0.1) is 0 Å². The highest BCUT2D eigenvalue weighted by Gasteiger charge is 2.33. The number of aliphatic hydroxyl groups excluding tert-OH is 1. The van der Waals surface area contributed by atoms with E-state index in [4.69, 9.17) is 5.21 Å². The van der Waals surface area contributed by atoms with Crippen LogP contribution in [-0.4, -0.2) is 107 Å². The van der Waals surface area contributed by atoms with Gasteiger partial charge in [-0.1, -0.05) is 83.2 Å². The second kappa shape index (κ2) is 25.2. The Morgan fingerprint density at radius 2 is 1.33 bits per heavy atom. The van der Waals surface area contributed by atoms with E-state index >= 15 is 0 Å². The summed E-state index contributed by atoms with van der Waals surface area (Å²) in [6.45, 7) is 12.4. The van der Waals surface area contributed by atoms with Crippen LogP contribution in [0.5, 0.6) is 0 Å². The number of benzene rings is 1. The van der Waals surface area contributed by atoms with Gasteiger partial charge in [-0.05, 0) is 76.9 Å². The number of carbonyl (C=O) groups is 6. The van der Waals surface area contributed by atoms with E-state index in [0.29, 0.717) is 18.9 Å². The van der Waals surface area contributed by atoms with Gasteiger partial charge in [-0.25, -0.2) is 5.48 Å². The van der Waals surface area contributed by atoms with Gasteiger partial charge in [-0.2, -0.15) is 0 Å². The Morgan fingerprint density at radius 3 is 1.91 bits per heavy atom. The van der Waals surface area contributed by atoms with E-state index in [1.54, 1.807) is 0 Å². The Bertz CT molecular complexity index is 1360. The normalized spacial score (nSPS) is 16.1. The van der Waals surface area contributed by atoms with E-state index in [1.807, 2.05) is 44.2 Å². The van der Waals surface area contributed by atoms with Crippen molar-refractivity contribution in [2.75, 3.05) is 19.7 Å². The molecule has 5 atom stereocenters. The molecule has 0 heterocycles. The largest absolute Gasteiger partial charge is 0.394 e. The smallest absolute Gasteiger partial charge is 0.268 e. The first-order chi connectivity index (χ1) is 26.2. The van der Waals surface area contributed by atoms with Gasteiger partial charge in [0.2, 0.25) is 29.5 Å². The maximum Gasteiger partial charge on any atom is 0.268 e. The highest BCUT2D eigenvalue weighted by atomic mass is 16.5. The third-order valence-corrected chi connectivity index (χ3v) is 10.1. The fourth-order valence-electron chi connectivity index (χ4n) is 6.88. The molecule has 0 aliphatic heterocycles. The summed E-state index contributed by atoms with van der Waals surface area (Å²) in [5.74, 6) is -3.53. The Balaban J connectivity index is 2.26. The number of hydrogen-bond acceptors (Lipinski definition) is 9. The quantitative estimate of drug-likeness (QED) is 0.0438. The van der Waals surface area contributed by atoms with Crippen LogP contribution in [0.1, 0.15) is 111 Å². The molecule has 1 saturated carbocycles. The lowest BCUT2D eigenvalue weighted by molar-refractivity contribution is -0.137. The van der Waals surface area contributed by atoms with Crippen molar-refractivity contribution in [2.45, 2.75) is 148 Å². The number of hydrogen-bond donors (Lipinski definition) is 8. The first-order valence-electron chi connectivity index (χ1n) is 20.0. The summed E-state index contributed by atoms with van der Waals surface area (Å²) in [6.07, 6.45) is 7.11. The zero-order valence-electron chi connectivity index (χ0n) is 33.7. The van der Waals surface area contributed by atoms with E-state index in [1.165, 1.54) is 12.4 Å². The van der Waals surface area contributed by atoms with Gasteiger partial charge in [0.1, 0.15) is 30.2 Å². The summed E-state index contributed by atoms with van der Waals surface area (Å²) in [4.78, 5) is 81.8. The highest BCUT2D eigenvalue weighted by Crippen LogP contribution is 2.27. The first kappa shape index (κ1) is 47.1. The monoisotopic (exact) mass is 774 g/mol. The Labute approximate surface area is 326 Å². The van der Waals surface area contributed by atoms with E-state index < -0.39 is 66.4 Å². The number of nitrogens with one attached hydrogen (secondary N) is 6. The summed E-state index contributed by atoms with van der Waals surface area (Å²) < 4.78 is 0. The molecular weight excluding hydrogens is 706 g/mol. The van der Waals surface area contributed by atoms with Crippen molar-refractivity contribution in [3.05, 3.63) is 35.9 Å². The van der Waals surface area contributed by atoms with Crippen molar-refractivity contribution < 1.29 is 39.1 Å². The van der Waals surface area contributed by atoms with E-state index in [-0.39, 0.29) is 37.0 Å². The maximum atomic E-state index is 14.0. The predicted octanol–water partition coefficient (Wildman–Crippen LogP) is 2.09. The van der Waals surface area contributed by atoms with E-state index in [0.717, 1.165) is 57.2 Å². The Morgan fingerprint density at radius 1 is 0.727 bits per heavy atom. The van der Waals surface area contributed by atoms with Crippen LogP contribution in [0, 0.1) is 11.8 Å². The van der Waals surface area contributed by atoms with Crippen LogP contribution in [0.15, 0.2) is 30.3 Å². The SMILES string of the molecule is CCN(CCCC[C@H](NC(=O)C(CC1CCCCC1)NC(=O)[C@H](C)NC(=O)C(Cc1ccccc1)NC(=O)CC(C)C)C(=O)NC(CO)C(=O)NO)C(C)C. The number of amides is 6. The van der Waals surface area contributed by atoms with Crippen LogP contribution < -0.4 is 32.1 Å². The van der Waals surface area contributed by atoms with E-state index in [2.05, 4.69) is 52.3 Å². The van der Waals surface area contributed by atoms with Crippen LogP contribution in [0.4, 0.5) is 0 Å². The minimum atomic E-state index is -1.45. The van der Waals surface area contributed by atoms with Crippen molar-refractivity contribution in [3.8, 4) is 0 Å². The molecule has 8 N–H and O–H groups in total. The second-order valence-corrected chi connectivity index (χ2v) is 15.4. The van der Waals surface area contributed by atoms with Gasteiger partial charge < -0.3 is 36.6 Å². The van der Waals surface area contributed by atoms with Crippen molar-refractivity contribution in [3.63, 3.8) is 0 Å². The standard InChI is InChI=1S/C40H67N7O8/c1-7-47(27(4)5)21-15-14-20-31(37(51)45-34(25-48)40(54)46-55)43-39(53)33(24-30-18-12-9-13-19-30)44-36(50)28(6)41-38(52)32(42-35(49)22-26(2)3)23-29-16-10-8-11-17-29/h8,10-11,16-17,26-28,30-34,48,55H,7,9,12-15,18-25H2,1-6H3,(H,41,52)(H,42,49)(H,43,53)(H,44,50)(H,45,51)(H,46,54)/t28-,31-,32?,33?,34?/m0/s1. The van der Waals surface area contributed by atoms with Crippen molar-refractivity contribution in [1.82, 2.24) is 37.0 Å². The maximum absolute atomic E-state index is 14.0.